The molecule has 1 aromatic carbocycles. The molecule has 0 aliphatic carbocycles. The van der Waals surface area contributed by atoms with Gasteiger partial charge in [-0.3, -0.25) is 14.6 Å². The van der Waals surface area contributed by atoms with E-state index in [1.807, 2.05) is 24.3 Å². The lowest BCUT2D eigenvalue weighted by atomic mass is 10.0. The third kappa shape index (κ3) is 6.69. The van der Waals surface area contributed by atoms with Crippen LogP contribution in [0.3, 0.4) is 0 Å². The Balaban J connectivity index is 1.73. The molecule has 0 bridgehead atoms. The van der Waals surface area contributed by atoms with E-state index in [9.17, 15) is 19.5 Å². The number of nitrogens with one attached hydrogen (secondary N) is 4. The van der Waals surface area contributed by atoms with Crippen molar-refractivity contribution in [2.45, 2.75) is 50.2 Å². The Bertz CT molecular complexity index is 1010. The summed E-state index contributed by atoms with van der Waals surface area (Å²) in [4.78, 5) is 44.6. The number of amides is 2. The molecule has 178 valence electrons. The first-order valence-corrected chi connectivity index (χ1v) is 11.0. The molecular formula is C22H31N7O4. The van der Waals surface area contributed by atoms with Crippen LogP contribution in [-0.4, -0.2) is 65.0 Å². The van der Waals surface area contributed by atoms with Gasteiger partial charge in [0.1, 0.15) is 12.1 Å². The van der Waals surface area contributed by atoms with E-state index in [1.165, 1.54) is 0 Å². The van der Waals surface area contributed by atoms with Gasteiger partial charge in [0.25, 0.3) is 0 Å². The van der Waals surface area contributed by atoms with Gasteiger partial charge in [-0.1, -0.05) is 18.2 Å². The van der Waals surface area contributed by atoms with E-state index in [4.69, 9.17) is 11.5 Å². The molecule has 11 nitrogen and oxygen atoms in total. The summed E-state index contributed by atoms with van der Waals surface area (Å²) in [5.74, 6) is -2.07. The number of rotatable bonds is 11. The smallest absolute Gasteiger partial charge is 0.326 e. The number of fused-ring (bicyclic) bond motifs is 1. The first kappa shape index (κ1) is 24.1. The molecule has 2 amide bonds. The molecule has 11 heteroatoms. The summed E-state index contributed by atoms with van der Waals surface area (Å²) in [6.45, 7) is 0.999. The van der Waals surface area contributed by atoms with Gasteiger partial charge < -0.3 is 37.5 Å². The highest BCUT2D eigenvalue weighted by molar-refractivity contribution is 5.93. The maximum absolute atomic E-state index is 13.1. The molecule has 9 N–H and O–H groups in total. The van der Waals surface area contributed by atoms with E-state index in [2.05, 4.69) is 25.9 Å². The topological polar surface area (TPSA) is 188 Å². The van der Waals surface area contributed by atoms with Gasteiger partial charge in [0.2, 0.25) is 11.8 Å². The van der Waals surface area contributed by atoms with Gasteiger partial charge in [-0.15, -0.1) is 0 Å². The monoisotopic (exact) mass is 457 g/mol. The molecule has 1 saturated heterocycles. The Labute approximate surface area is 191 Å². The summed E-state index contributed by atoms with van der Waals surface area (Å²) in [6, 6.07) is 5.23. The van der Waals surface area contributed by atoms with E-state index in [0.29, 0.717) is 12.8 Å². The van der Waals surface area contributed by atoms with Crippen LogP contribution in [0.2, 0.25) is 0 Å². The largest absolute Gasteiger partial charge is 0.480 e. The van der Waals surface area contributed by atoms with Crippen molar-refractivity contribution in [2.24, 2.45) is 16.5 Å². The number of guanidine groups is 1. The van der Waals surface area contributed by atoms with E-state index in [1.54, 1.807) is 6.20 Å². The van der Waals surface area contributed by atoms with Gasteiger partial charge in [-0.05, 0) is 43.9 Å². The molecule has 2 heterocycles. The van der Waals surface area contributed by atoms with Crippen LogP contribution >= 0.6 is 0 Å². The molecule has 0 saturated carbocycles. The summed E-state index contributed by atoms with van der Waals surface area (Å²) in [5, 5.41) is 19.0. The third-order valence-electron chi connectivity index (χ3n) is 5.67. The number of nitrogens with zero attached hydrogens (tertiary/aromatic N) is 1. The number of aromatic amines is 1. The predicted octanol–water partition coefficient (Wildman–Crippen LogP) is -0.430. The standard InChI is InChI=1S/C22H31N7O4/c23-22(24)26-10-4-8-17(21(32)33)28-20(31)18(29-19(30)16-7-3-9-25-16)11-13-12-27-15-6-2-1-5-14(13)15/h1-2,5-6,12,16-18,25,27H,3-4,7-11H2,(H,28,31)(H,29,30)(H,32,33)(H4,23,24,26)/t16-,17-,18-/m0/s1. The molecule has 33 heavy (non-hydrogen) atoms. The number of hydrogen-bond acceptors (Lipinski definition) is 5. The SMILES string of the molecule is NC(N)=NCCC[C@H](NC(=O)[C@H](Cc1c[nH]c2ccccc12)NC(=O)[C@@H]1CCCN1)C(=O)O. The van der Waals surface area contributed by atoms with Crippen LogP contribution in [0.25, 0.3) is 10.9 Å². The minimum atomic E-state index is -1.16. The average Bonchev–Trinajstić information content (AvgIpc) is 3.45. The van der Waals surface area contributed by atoms with Crippen LogP contribution < -0.4 is 27.4 Å². The number of nitrogens with two attached hydrogens (primary N) is 2. The summed E-state index contributed by atoms with van der Waals surface area (Å²) in [5.41, 5.74) is 12.3. The number of aromatic nitrogens is 1. The highest BCUT2D eigenvalue weighted by Gasteiger charge is 2.30. The lowest BCUT2D eigenvalue weighted by molar-refractivity contribution is -0.142. The molecule has 0 spiro atoms. The molecule has 0 unspecified atom stereocenters. The quantitative estimate of drug-likeness (QED) is 0.135. The fraction of sp³-hybridized carbons (Fsp3) is 0.455. The second-order valence-corrected chi connectivity index (χ2v) is 8.12. The summed E-state index contributed by atoms with van der Waals surface area (Å²) in [7, 11) is 0. The number of H-pyrrole nitrogens is 1. The molecular weight excluding hydrogens is 426 g/mol. The Hall–Kier alpha value is -3.60. The van der Waals surface area contributed by atoms with Crippen molar-refractivity contribution >= 4 is 34.6 Å². The number of aliphatic imine (C=N–C) groups is 1. The van der Waals surface area contributed by atoms with Crippen molar-refractivity contribution in [1.82, 2.24) is 20.9 Å². The number of carboxylic acid groups (broad SMARTS) is 1. The van der Waals surface area contributed by atoms with Gasteiger partial charge >= 0.3 is 5.97 Å². The van der Waals surface area contributed by atoms with Crippen molar-refractivity contribution in [2.75, 3.05) is 13.1 Å². The fourth-order valence-electron chi connectivity index (χ4n) is 3.94. The summed E-state index contributed by atoms with van der Waals surface area (Å²) >= 11 is 0. The summed E-state index contributed by atoms with van der Waals surface area (Å²) < 4.78 is 0. The van der Waals surface area contributed by atoms with Gasteiger partial charge in [-0.2, -0.15) is 0 Å². The van der Waals surface area contributed by atoms with Crippen LogP contribution in [0.5, 0.6) is 0 Å². The average molecular weight is 458 g/mol. The van der Waals surface area contributed by atoms with Gasteiger partial charge in [0.15, 0.2) is 5.96 Å². The first-order chi connectivity index (χ1) is 15.8. The van der Waals surface area contributed by atoms with Crippen molar-refractivity contribution < 1.29 is 19.5 Å². The van der Waals surface area contributed by atoms with Gasteiger partial charge in [-0.25, -0.2) is 4.79 Å². The Morgan fingerprint density at radius 1 is 1.18 bits per heavy atom. The number of hydrogen-bond donors (Lipinski definition) is 7. The van der Waals surface area contributed by atoms with Crippen LogP contribution in [0, 0.1) is 0 Å². The first-order valence-electron chi connectivity index (χ1n) is 11.0. The molecule has 1 fully saturated rings. The molecule has 1 aliphatic heterocycles. The number of para-hydroxylation sites is 1. The van der Waals surface area contributed by atoms with Crippen molar-refractivity contribution in [1.29, 1.82) is 0 Å². The number of carbonyl (C=O) groups is 3. The van der Waals surface area contributed by atoms with Crippen LogP contribution in [-0.2, 0) is 20.8 Å². The maximum atomic E-state index is 13.1. The molecule has 3 rings (SSSR count). The molecule has 3 atom stereocenters. The zero-order chi connectivity index (χ0) is 23.8. The van der Waals surface area contributed by atoms with Crippen LogP contribution in [0.1, 0.15) is 31.2 Å². The van der Waals surface area contributed by atoms with Gasteiger partial charge in [0, 0.05) is 30.1 Å². The molecule has 0 radical (unpaired) electrons. The second-order valence-electron chi connectivity index (χ2n) is 8.12. The highest BCUT2D eigenvalue weighted by atomic mass is 16.4. The highest BCUT2D eigenvalue weighted by Crippen LogP contribution is 2.19. The minimum absolute atomic E-state index is 0.0760. The van der Waals surface area contributed by atoms with Crippen LogP contribution in [0.4, 0.5) is 0 Å². The lowest BCUT2D eigenvalue weighted by Crippen LogP contribution is -2.55. The zero-order valence-corrected chi connectivity index (χ0v) is 18.3. The third-order valence-corrected chi connectivity index (χ3v) is 5.67. The molecule has 1 aliphatic rings. The van der Waals surface area contributed by atoms with E-state index < -0.39 is 24.0 Å². The molecule has 2 aromatic rings. The van der Waals surface area contributed by atoms with E-state index in [0.717, 1.165) is 29.4 Å². The van der Waals surface area contributed by atoms with Gasteiger partial charge in [0.05, 0.1) is 6.04 Å². The maximum Gasteiger partial charge on any atom is 0.326 e. The van der Waals surface area contributed by atoms with Crippen LogP contribution in [0.15, 0.2) is 35.5 Å². The van der Waals surface area contributed by atoms with Crippen molar-refractivity contribution in [3.63, 3.8) is 0 Å². The zero-order valence-electron chi connectivity index (χ0n) is 18.3. The number of benzene rings is 1. The number of carbonyl (C=O) groups excluding carboxylic acids is 2. The minimum Gasteiger partial charge on any atom is -0.480 e. The normalized spacial score (nSPS) is 17.3. The second kappa shape index (κ2) is 11.3. The number of aliphatic carboxylic acids is 1. The lowest BCUT2D eigenvalue weighted by Gasteiger charge is -2.23. The Morgan fingerprint density at radius 2 is 1.97 bits per heavy atom. The fourth-order valence-corrected chi connectivity index (χ4v) is 3.94. The Morgan fingerprint density at radius 3 is 2.67 bits per heavy atom. The van der Waals surface area contributed by atoms with Crippen molar-refractivity contribution in [3.05, 3.63) is 36.0 Å². The number of carboxylic acids is 1. The van der Waals surface area contributed by atoms with Crippen molar-refractivity contribution in [3.8, 4) is 0 Å². The molecule has 1 aromatic heterocycles. The Kier molecular flexibility index (Phi) is 8.25. The van der Waals surface area contributed by atoms with E-state index >= 15 is 0 Å². The predicted molar refractivity (Wildman–Crippen MR) is 124 cm³/mol. The summed E-state index contributed by atoms with van der Waals surface area (Å²) in [6.07, 6.45) is 4.12. The van der Waals surface area contributed by atoms with E-state index in [-0.39, 0.29) is 37.3 Å².